The fraction of sp³-hybridized carbons (Fsp3) is 0.0500. The van der Waals surface area contributed by atoms with Crippen molar-refractivity contribution in [3.05, 3.63) is 83.6 Å². The minimum atomic E-state index is -0.335. The molecule has 0 aliphatic heterocycles. The van der Waals surface area contributed by atoms with Gasteiger partial charge in [-0.05, 0) is 24.1 Å². The van der Waals surface area contributed by atoms with Crippen LogP contribution in [0.5, 0.6) is 0 Å². The molecule has 0 fully saturated rings. The number of aromatic nitrogens is 2. The Kier molecular flexibility index (Phi) is 5.16. The van der Waals surface area contributed by atoms with Crippen molar-refractivity contribution in [3.8, 4) is 11.3 Å². The summed E-state index contributed by atoms with van der Waals surface area (Å²) in [5.74, 6) is -0.335. The van der Waals surface area contributed by atoms with Gasteiger partial charge in [0.25, 0.3) is 5.91 Å². The van der Waals surface area contributed by atoms with Crippen LogP contribution in [0, 0.1) is 0 Å². The Morgan fingerprint density at radius 1 is 1.08 bits per heavy atom. The molecule has 1 amide bonds. The lowest BCUT2D eigenvalue weighted by Crippen LogP contribution is -2.17. The second kappa shape index (κ2) is 7.88. The Morgan fingerprint density at radius 3 is 2.48 bits per heavy atom. The smallest absolute Gasteiger partial charge is 0.272 e. The zero-order chi connectivity index (χ0) is 17.5. The number of hydrazone groups is 1. The zero-order valence-corrected chi connectivity index (χ0v) is 13.8. The van der Waals surface area contributed by atoms with Crippen molar-refractivity contribution in [3.63, 3.8) is 0 Å². The van der Waals surface area contributed by atoms with E-state index >= 15 is 0 Å². The van der Waals surface area contributed by atoms with Gasteiger partial charge in [-0.2, -0.15) is 10.2 Å². The molecule has 124 valence electrons. The van der Waals surface area contributed by atoms with E-state index in [1.807, 2.05) is 73.7 Å². The molecule has 0 spiro atoms. The van der Waals surface area contributed by atoms with Crippen LogP contribution < -0.4 is 5.43 Å². The number of allylic oxidation sites excluding steroid dienone is 1. The van der Waals surface area contributed by atoms with E-state index in [1.54, 1.807) is 12.3 Å². The van der Waals surface area contributed by atoms with Gasteiger partial charge >= 0.3 is 0 Å². The maximum atomic E-state index is 12.1. The molecule has 0 saturated heterocycles. The van der Waals surface area contributed by atoms with Gasteiger partial charge in [0.2, 0.25) is 0 Å². The van der Waals surface area contributed by atoms with Gasteiger partial charge in [-0.25, -0.2) is 5.43 Å². The topological polar surface area (TPSA) is 70.1 Å². The van der Waals surface area contributed by atoms with Crippen molar-refractivity contribution >= 4 is 18.2 Å². The molecule has 0 aliphatic carbocycles. The Labute approximate surface area is 146 Å². The van der Waals surface area contributed by atoms with E-state index in [0.717, 1.165) is 22.4 Å². The van der Waals surface area contributed by atoms with Crippen molar-refractivity contribution in [1.29, 1.82) is 0 Å². The fourth-order valence-corrected chi connectivity index (χ4v) is 2.30. The summed E-state index contributed by atoms with van der Waals surface area (Å²) in [5.41, 5.74) is 6.54. The molecule has 0 saturated carbocycles. The molecule has 1 heterocycles. The van der Waals surface area contributed by atoms with Crippen LogP contribution in [0.4, 0.5) is 0 Å². The van der Waals surface area contributed by atoms with Gasteiger partial charge in [0.05, 0.1) is 11.9 Å². The lowest BCUT2D eigenvalue weighted by molar-refractivity contribution is 0.0950. The number of carbonyl (C=O) groups is 1. The highest BCUT2D eigenvalue weighted by atomic mass is 16.2. The first-order chi connectivity index (χ1) is 12.2. The van der Waals surface area contributed by atoms with Gasteiger partial charge in [0, 0.05) is 5.56 Å². The predicted molar refractivity (Wildman–Crippen MR) is 100 cm³/mol. The van der Waals surface area contributed by atoms with E-state index in [-0.39, 0.29) is 5.91 Å². The molecule has 5 nitrogen and oxygen atoms in total. The van der Waals surface area contributed by atoms with Gasteiger partial charge in [0.15, 0.2) is 0 Å². The molecule has 0 atom stereocenters. The van der Waals surface area contributed by atoms with Crippen LogP contribution in [-0.4, -0.2) is 22.3 Å². The summed E-state index contributed by atoms with van der Waals surface area (Å²) >= 11 is 0. The van der Waals surface area contributed by atoms with Crippen molar-refractivity contribution < 1.29 is 4.79 Å². The first kappa shape index (κ1) is 16.4. The quantitative estimate of drug-likeness (QED) is 0.550. The number of amides is 1. The van der Waals surface area contributed by atoms with E-state index < -0.39 is 0 Å². The number of rotatable bonds is 5. The van der Waals surface area contributed by atoms with E-state index in [4.69, 9.17) is 0 Å². The van der Waals surface area contributed by atoms with Crippen LogP contribution in [0.1, 0.15) is 23.0 Å². The van der Waals surface area contributed by atoms with E-state index in [2.05, 4.69) is 20.7 Å². The van der Waals surface area contributed by atoms with E-state index in [1.165, 1.54) is 0 Å². The Morgan fingerprint density at radius 2 is 1.76 bits per heavy atom. The fourth-order valence-electron chi connectivity index (χ4n) is 2.30. The van der Waals surface area contributed by atoms with Crippen LogP contribution in [-0.2, 0) is 0 Å². The summed E-state index contributed by atoms with van der Waals surface area (Å²) in [6.45, 7) is 1.92. The Balaban J connectivity index is 1.61. The second-order valence-corrected chi connectivity index (χ2v) is 5.53. The van der Waals surface area contributed by atoms with Crippen molar-refractivity contribution in [1.82, 2.24) is 15.6 Å². The number of benzene rings is 2. The maximum absolute atomic E-state index is 12.1. The third kappa shape index (κ3) is 4.51. The first-order valence-corrected chi connectivity index (χ1v) is 7.90. The molecule has 0 unspecified atom stereocenters. The number of H-pyrrole nitrogens is 1. The normalized spacial score (nSPS) is 11.6. The number of hydrogen-bond acceptors (Lipinski definition) is 3. The number of nitrogens with one attached hydrogen (secondary N) is 2. The van der Waals surface area contributed by atoms with Gasteiger partial charge in [-0.1, -0.05) is 66.7 Å². The molecule has 1 aromatic heterocycles. The third-order valence-corrected chi connectivity index (χ3v) is 3.52. The highest BCUT2D eigenvalue weighted by Gasteiger charge is 2.09. The summed E-state index contributed by atoms with van der Waals surface area (Å²) in [5, 5.41) is 10.9. The second-order valence-electron chi connectivity index (χ2n) is 5.53. The number of aromatic amines is 1. The largest absolute Gasteiger partial charge is 0.289 e. The first-order valence-electron chi connectivity index (χ1n) is 7.90. The highest BCUT2D eigenvalue weighted by Crippen LogP contribution is 2.16. The summed E-state index contributed by atoms with van der Waals surface area (Å²) in [6.07, 6.45) is 3.60. The summed E-state index contributed by atoms with van der Waals surface area (Å²) in [7, 11) is 0. The van der Waals surface area contributed by atoms with Gasteiger partial charge < -0.3 is 0 Å². The molecular weight excluding hydrogens is 312 g/mol. The zero-order valence-electron chi connectivity index (χ0n) is 13.8. The van der Waals surface area contributed by atoms with Crippen LogP contribution in [0.15, 0.2) is 77.4 Å². The Bertz CT molecular complexity index is 896. The minimum absolute atomic E-state index is 0.335. The monoisotopic (exact) mass is 330 g/mol. The van der Waals surface area contributed by atoms with Gasteiger partial charge in [-0.3, -0.25) is 9.89 Å². The lowest BCUT2D eigenvalue weighted by atomic mass is 10.1. The van der Waals surface area contributed by atoms with Gasteiger partial charge in [0.1, 0.15) is 5.69 Å². The molecule has 0 radical (unpaired) electrons. The standard InChI is InChI=1S/C20H18N4O/c1-15(12-16-8-4-2-5-9-16)14-21-24-20(25)19-13-18(22-23-19)17-10-6-3-7-11-17/h2-14H,1H3,(H,22,23)(H,24,25)/b15-12?,21-14-. The molecule has 25 heavy (non-hydrogen) atoms. The molecule has 5 heteroatoms. The Hall–Kier alpha value is -3.47. The minimum Gasteiger partial charge on any atom is -0.272 e. The highest BCUT2D eigenvalue weighted by molar-refractivity contribution is 5.94. The lowest BCUT2D eigenvalue weighted by Gasteiger charge is -1.97. The average Bonchev–Trinajstić information content (AvgIpc) is 3.13. The maximum Gasteiger partial charge on any atom is 0.289 e. The van der Waals surface area contributed by atoms with Crippen LogP contribution >= 0.6 is 0 Å². The summed E-state index contributed by atoms with van der Waals surface area (Å²) in [4.78, 5) is 12.1. The van der Waals surface area contributed by atoms with E-state index in [0.29, 0.717) is 5.69 Å². The average molecular weight is 330 g/mol. The van der Waals surface area contributed by atoms with Gasteiger partial charge in [-0.15, -0.1) is 0 Å². The number of nitrogens with zero attached hydrogens (tertiary/aromatic N) is 2. The molecule has 3 rings (SSSR count). The van der Waals surface area contributed by atoms with Crippen LogP contribution in [0.25, 0.3) is 17.3 Å². The van der Waals surface area contributed by atoms with Crippen LogP contribution in [0.3, 0.4) is 0 Å². The molecule has 2 N–H and O–H groups in total. The SMILES string of the molecule is CC(=Cc1ccccc1)/C=N\NC(=O)c1cc(-c2ccccc2)n[nH]1. The predicted octanol–water partition coefficient (Wildman–Crippen LogP) is 3.90. The van der Waals surface area contributed by atoms with E-state index in [9.17, 15) is 4.79 Å². The summed E-state index contributed by atoms with van der Waals surface area (Å²) in [6, 6.07) is 21.3. The van der Waals surface area contributed by atoms with Crippen LogP contribution in [0.2, 0.25) is 0 Å². The van der Waals surface area contributed by atoms with Crippen molar-refractivity contribution in [2.45, 2.75) is 6.92 Å². The third-order valence-electron chi connectivity index (χ3n) is 3.52. The van der Waals surface area contributed by atoms with Crippen molar-refractivity contribution in [2.24, 2.45) is 5.10 Å². The molecule has 2 aromatic carbocycles. The molecule has 0 bridgehead atoms. The molecular formula is C20H18N4O. The number of carbonyl (C=O) groups excluding carboxylic acids is 1. The van der Waals surface area contributed by atoms with Crippen molar-refractivity contribution in [2.75, 3.05) is 0 Å². The number of hydrogen-bond donors (Lipinski definition) is 2. The summed E-state index contributed by atoms with van der Waals surface area (Å²) < 4.78 is 0. The molecule has 0 aliphatic rings. The molecule has 3 aromatic rings.